The van der Waals surface area contributed by atoms with E-state index in [1.54, 1.807) is 11.8 Å². The van der Waals surface area contributed by atoms with Gasteiger partial charge in [0.25, 0.3) is 0 Å². The van der Waals surface area contributed by atoms with Crippen molar-refractivity contribution in [2.24, 2.45) is 5.73 Å². The lowest BCUT2D eigenvalue weighted by atomic mass is 10.4. The van der Waals surface area contributed by atoms with Crippen LogP contribution in [0.25, 0.3) is 0 Å². The molecule has 2 nitrogen and oxygen atoms in total. The fourth-order valence-corrected chi connectivity index (χ4v) is 2.70. The summed E-state index contributed by atoms with van der Waals surface area (Å²) in [6.45, 7) is 1.89. The van der Waals surface area contributed by atoms with Crippen LogP contribution in [0.3, 0.4) is 0 Å². The number of carbonyl (C=O) groups is 1. The summed E-state index contributed by atoms with van der Waals surface area (Å²) in [4.78, 5) is 10.7. The molecule has 1 atom stereocenters. The average Bonchev–Trinajstić information content (AvgIpc) is 2.39. The molecule has 1 fully saturated rings. The van der Waals surface area contributed by atoms with E-state index in [4.69, 9.17) is 5.73 Å². The molecule has 1 aliphatic carbocycles. The first kappa shape index (κ1) is 8.91. The van der Waals surface area contributed by atoms with Crippen molar-refractivity contribution >= 4 is 17.7 Å². The van der Waals surface area contributed by atoms with Crippen LogP contribution < -0.4 is 5.73 Å². The average molecular weight is 173 g/mol. The lowest BCUT2D eigenvalue weighted by Crippen LogP contribution is -2.24. The van der Waals surface area contributed by atoms with Gasteiger partial charge >= 0.3 is 0 Å². The van der Waals surface area contributed by atoms with Crippen molar-refractivity contribution in [3.8, 4) is 0 Å². The van der Waals surface area contributed by atoms with Crippen LogP contribution in [0.4, 0.5) is 0 Å². The second kappa shape index (κ2) is 4.00. The Morgan fingerprint density at radius 1 is 1.55 bits per heavy atom. The molecule has 0 heterocycles. The van der Waals surface area contributed by atoms with E-state index >= 15 is 0 Å². The lowest BCUT2D eigenvalue weighted by molar-refractivity contribution is -0.117. The van der Waals surface area contributed by atoms with E-state index in [1.165, 1.54) is 25.7 Å². The molecular weight excluding hydrogens is 158 g/mol. The Kier molecular flexibility index (Phi) is 3.24. The van der Waals surface area contributed by atoms with E-state index in [0.717, 1.165) is 0 Å². The summed E-state index contributed by atoms with van der Waals surface area (Å²) in [5, 5.41) is 0.690. The van der Waals surface area contributed by atoms with Crippen LogP contribution in [0.5, 0.6) is 0 Å². The smallest absolute Gasteiger partial charge is 0.230 e. The van der Waals surface area contributed by atoms with Crippen LogP contribution in [0.1, 0.15) is 32.6 Å². The van der Waals surface area contributed by atoms with Gasteiger partial charge < -0.3 is 5.73 Å². The number of carbonyl (C=O) groups excluding carboxylic acids is 1. The van der Waals surface area contributed by atoms with Gasteiger partial charge in [-0.15, -0.1) is 11.8 Å². The highest BCUT2D eigenvalue weighted by Crippen LogP contribution is 2.31. The molecule has 0 radical (unpaired) electrons. The number of hydrogen-bond donors (Lipinski definition) is 1. The summed E-state index contributed by atoms with van der Waals surface area (Å²) in [6.07, 6.45) is 5.18. The third kappa shape index (κ3) is 2.73. The molecule has 2 N–H and O–H groups in total. The van der Waals surface area contributed by atoms with Crippen LogP contribution >= 0.6 is 11.8 Å². The van der Waals surface area contributed by atoms with E-state index in [9.17, 15) is 4.79 Å². The first-order valence-corrected chi connectivity index (χ1v) is 5.09. The van der Waals surface area contributed by atoms with Gasteiger partial charge in [-0.25, -0.2) is 0 Å². The van der Waals surface area contributed by atoms with Gasteiger partial charge in [-0.05, 0) is 19.8 Å². The van der Waals surface area contributed by atoms with Crippen LogP contribution in [-0.2, 0) is 4.79 Å². The highest BCUT2D eigenvalue weighted by molar-refractivity contribution is 8.01. The molecule has 0 unspecified atom stereocenters. The quantitative estimate of drug-likeness (QED) is 0.703. The maximum absolute atomic E-state index is 10.7. The minimum atomic E-state index is -0.179. The van der Waals surface area contributed by atoms with Crippen molar-refractivity contribution in [2.45, 2.75) is 43.1 Å². The zero-order valence-corrected chi connectivity index (χ0v) is 7.69. The third-order valence-electron chi connectivity index (χ3n) is 2.10. The highest BCUT2D eigenvalue weighted by Gasteiger charge is 2.20. The normalized spacial score (nSPS) is 21.9. The zero-order chi connectivity index (χ0) is 8.27. The van der Waals surface area contributed by atoms with Crippen LogP contribution in [0.15, 0.2) is 0 Å². The Labute approximate surface area is 71.9 Å². The number of rotatable bonds is 3. The molecule has 11 heavy (non-hydrogen) atoms. The molecule has 64 valence electrons. The van der Waals surface area contributed by atoms with Crippen molar-refractivity contribution < 1.29 is 4.79 Å². The first-order valence-electron chi connectivity index (χ1n) is 4.15. The van der Waals surface area contributed by atoms with Crippen LogP contribution in [0, 0.1) is 0 Å². The van der Waals surface area contributed by atoms with E-state index in [-0.39, 0.29) is 11.2 Å². The minimum absolute atomic E-state index is 0.00176. The first-order chi connectivity index (χ1) is 5.20. The van der Waals surface area contributed by atoms with Crippen molar-refractivity contribution in [2.75, 3.05) is 0 Å². The maximum Gasteiger partial charge on any atom is 0.230 e. The lowest BCUT2D eigenvalue weighted by Gasteiger charge is -2.12. The van der Waals surface area contributed by atoms with Gasteiger partial charge in [0.2, 0.25) is 5.91 Å². The van der Waals surface area contributed by atoms with Crippen LogP contribution in [0.2, 0.25) is 0 Å². The standard InChI is InChI=1S/C8H15NOS/c1-6(8(9)10)11-7-4-2-3-5-7/h6-7H,2-5H2,1H3,(H2,9,10)/t6-/m1/s1. The Morgan fingerprint density at radius 3 is 2.55 bits per heavy atom. The predicted molar refractivity (Wildman–Crippen MR) is 48.5 cm³/mol. The monoisotopic (exact) mass is 173 g/mol. The number of amides is 1. The molecule has 1 saturated carbocycles. The van der Waals surface area contributed by atoms with E-state index < -0.39 is 0 Å². The van der Waals surface area contributed by atoms with Gasteiger partial charge in [0.15, 0.2) is 0 Å². The van der Waals surface area contributed by atoms with E-state index in [0.29, 0.717) is 5.25 Å². The largest absolute Gasteiger partial charge is 0.369 e. The number of thioether (sulfide) groups is 1. The van der Waals surface area contributed by atoms with Gasteiger partial charge in [-0.1, -0.05) is 12.8 Å². The number of primary amides is 1. The molecule has 1 rings (SSSR count). The maximum atomic E-state index is 10.7. The Morgan fingerprint density at radius 2 is 2.09 bits per heavy atom. The molecule has 0 aromatic rings. The molecule has 0 bridgehead atoms. The van der Waals surface area contributed by atoms with Gasteiger partial charge in [-0.2, -0.15) is 0 Å². The summed E-state index contributed by atoms with van der Waals surface area (Å²) in [6, 6.07) is 0. The van der Waals surface area contributed by atoms with Gasteiger partial charge in [-0.3, -0.25) is 4.79 Å². The van der Waals surface area contributed by atoms with Crippen LogP contribution in [-0.4, -0.2) is 16.4 Å². The fourth-order valence-electron chi connectivity index (χ4n) is 1.38. The van der Waals surface area contributed by atoms with E-state index in [2.05, 4.69) is 0 Å². The van der Waals surface area contributed by atoms with Crippen molar-refractivity contribution in [3.05, 3.63) is 0 Å². The molecule has 0 spiro atoms. The molecule has 0 aliphatic heterocycles. The Balaban J connectivity index is 2.23. The molecule has 0 aromatic carbocycles. The minimum Gasteiger partial charge on any atom is -0.369 e. The van der Waals surface area contributed by atoms with Gasteiger partial charge in [0.1, 0.15) is 0 Å². The molecule has 0 aromatic heterocycles. The summed E-state index contributed by atoms with van der Waals surface area (Å²) in [5.41, 5.74) is 5.15. The Bertz CT molecular complexity index is 143. The molecule has 1 aliphatic rings. The van der Waals surface area contributed by atoms with Gasteiger partial charge in [0.05, 0.1) is 5.25 Å². The van der Waals surface area contributed by atoms with Crippen molar-refractivity contribution in [1.29, 1.82) is 0 Å². The zero-order valence-electron chi connectivity index (χ0n) is 6.88. The second-order valence-electron chi connectivity index (χ2n) is 3.09. The molecule has 0 saturated heterocycles. The summed E-state index contributed by atoms with van der Waals surface area (Å²) in [5.74, 6) is -0.179. The highest BCUT2D eigenvalue weighted by atomic mass is 32.2. The third-order valence-corrected chi connectivity index (χ3v) is 3.60. The van der Waals surface area contributed by atoms with Crippen molar-refractivity contribution in [3.63, 3.8) is 0 Å². The van der Waals surface area contributed by atoms with E-state index in [1.807, 2.05) is 6.92 Å². The number of nitrogens with two attached hydrogens (primary N) is 1. The van der Waals surface area contributed by atoms with Crippen molar-refractivity contribution in [1.82, 2.24) is 0 Å². The molecule has 1 amide bonds. The topological polar surface area (TPSA) is 43.1 Å². The molecular formula is C8H15NOS. The second-order valence-corrected chi connectivity index (χ2v) is 4.73. The summed E-state index contributed by atoms with van der Waals surface area (Å²) >= 11 is 1.74. The summed E-state index contributed by atoms with van der Waals surface area (Å²) in [7, 11) is 0. The molecule has 3 heteroatoms. The SMILES string of the molecule is C[C@@H](SC1CCCC1)C(N)=O. The predicted octanol–water partition coefficient (Wildman–Crippen LogP) is 1.54. The Hall–Kier alpha value is -0.180. The summed E-state index contributed by atoms with van der Waals surface area (Å²) < 4.78 is 0. The fraction of sp³-hybridized carbons (Fsp3) is 0.875. The van der Waals surface area contributed by atoms with Gasteiger partial charge in [0, 0.05) is 5.25 Å². The number of hydrogen-bond acceptors (Lipinski definition) is 2.